The SMILES string of the molecule is CC(C)(CO)[C@@H](O)C(=O)NCCC(=O)O.[Ca+2].[H-].[H-]. The Bertz CT molecular complexity index is 253. The second kappa shape index (κ2) is 8.25. The zero-order chi connectivity index (χ0) is 12.1. The monoisotopic (exact) mass is 261 g/mol. The van der Waals surface area contributed by atoms with Crippen LogP contribution in [0.25, 0.3) is 0 Å². The van der Waals surface area contributed by atoms with Crippen molar-refractivity contribution in [2.24, 2.45) is 5.41 Å². The van der Waals surface area contributed by atoms with Crippen LogP contribution in [0.1, 0.15) is 23.1 Å². The Labute approximate surface area is 127 Å². The van der Waals surface area contributed by atoms with Crippen LogP contribution < -0.4 is 5.32 Å². The van der Waals surface area contributed by atoms with Crippen molar-refractivity contribution in [1.82, 2.24) is 5.32 Å². The van der Waals surface area contributed by atoms with Gasteiger partial charge >= 0.3 is 43.7 Å². The molecule has 0 radical (unpaired) electrons. The molecule has 16 heavy (non-hydrogen) atoms. The first-order valence-electron chi connectivity index (χ1n) is 4.59. The van der Waals surface area contributed by atoms with Gasteiger partial charge in [0.15, 0.2) is 0 Å². The molecule has 0 aliphatic rings. The van der Waals surface area contributed by atoms with Crippen LogP contribution in [0.3, 0.4) is 0 Å². The molecule has 0 aromatic carbocycles. The first-order valence-corrected chi connectivity index (χ1v) is 4.59. The van der Waals surface area contributed by atoms with E-state index in [2.05, 4.69) is 5.32 Å². The second-order valence-electron chi connectivity index (χ2n) is 3.98. The number of aliphatic hydroxyl groups excluding tert-OH is 2. The summed E-state index contributed by atoms with van der Waals surface area (Å²) in [5, 5.41) is 29.0. The number of carbonyl (C=O) groups excluding carboxylic acids is 1. The summed E-state index contributed by atoms with van der Waals surface area (Å²) in [4.78, 5) is 21.4. The molecule has 92 valence electrons. The van der Waals surface area contributed by atoms with Crippen molar-refractivity contribution in [3.63, 3.8) is 0 Å². The smallest absolute Gasteiger partial charge is 1.00 e. The summed E-state index contributed by atoms with van der Waals surface area (Å²) >= 11 is 0. The van der Waals surface area contributed by atoms with Gasteiger partial charge in [0.25, 0.3) is 0 Å². The predicted molar refractivity (Wildman–Crippen MR) is 60.1 cm³/mol. The van der Waals surface area contributed by atoms with E-state index in [1.54, 1.807) is 0 Å². The molecule has 0 unspecified atom stereocenters. The van der Waals surface area contributed by atoms with Gasteiger partial charge in [0, 0.05) is 12.0 Å². The van der Waals surface area contributed by atoms with Crippen molar-refractivity contribution < 1.29 is 27.8 Å². The molecule has 7 heteroatoms. The Morgan fingerprint density at radius 1 is 1.44 bits per heavy atom. The molecule has 1 amide bonds. The first kappa shape index (κ1) is 18.5. The predicted octanol–water partition coefficient (Wildman–Crippen LogP) is -1.20. The van der Waals surface area contributed by atoms with Crippen molar-refractivity contribution in [2.45, 2.75) is 26.4 Å². The minimum absolute atomic E-state index is 0. The van der Waals surface area contributed by atoms with Crippen LogP contribution in [0.2, 0.25) is 0 Å². The molecule has 0 spiro atoms. The van der Waals surface area contributed by atoms with Crippen molar-refractivity contribution in [3.8, 4) is 0 Å². The van der Waals surface area contributed by atoms with Gasteiger partial charge in [-0.15, -0.1) is 0 Å². The average Bonchev–Trinajstić information content (AvgIpc) is 2.15. The first-order chi connectivity index (χ1) is 6.81. The number of carbonyl (C=O) groups is 2. The van der Waals surface area contributed by atoms with Crippen LogP contribution in [-0.2, 0) is 9.59 Å². The molecule has 0 aliphatic carbocycles. The van der Waals surface area contributed by atoms with Crippen LogP contribution >= 0.6 is 0 Å². The molecule has 0 aliphatic heterocycles. The van der Waals surface area contributed by atoms with Gasteiger partial charge in [-0.25, -0.2) is 0 Å². The standard InChI is InChI=1S/C9H17NO5.Ca.2H/c1-9(2,5-11)7(14)8(15)10-4-3-6(12)13;;;/h7,11,14H,3-5H2,1-2H3,(H,10,15)(H,12,13);;;/q;+2;2*-1/t7-;;;/m0.../s1. The van der Waals surface area contributed by atoms with E-state index >= 15 is 0 Å². The number of nitrogens with one attached hydrogen (secondary N) is 1. The number of amides is 1. The third-order valence-electron chi connectivity index (χ3n) is 2.03. The van der Waals surface area contributed by atoms with Crippen LogP contribution in [0.4, 0.5) is 0 Å². The molecule has 0 heterocycles. The molecule has 6 nitrogen and oxygen atoms in total. The molecule has 0 rings (SSSR count). The zero-order valence-corrected chi connectivity index (χ0v) is 11.8. The van der Waals surface area contributed by atoms with Crippen molar-refractivity contribution in [3.05, 3.63) is 0 Å². The summed E-state index contributed by atoms with van der Waals surface area (Å²) in [5.74, 6) is -1.69. The van der Waals surface area contributed by atoms with Gasteiger partial charge in [-0.1, -0.05) is 13.8 Å². The molecule has 0 bridgehead atoms. The molecule has 0 saturated heterocycles. The Kier molecular flexibility index (Phi) is 9.53. The normalized spacial score (nSPS) is 12.5. The van der Waals surface area contributed by atoms with Crippen LogP contribution in [0.15, 0.2) is 0 Å². The van der Waals surface area contributed by atoms with E-state index < -0.39 is 23.4 Å². The van der Waals surface area contributed by atoms with Gasteiger partial charge in [0.1, 0.15) is 6.10 Å². The van der Waals surface area contributed by atoms with Crippen molar-refractivity contribution >= 4 is 49.6 Å². The van der Waals surface area contributed by atoms with Crippen LogP contribution in [-0.4, -0.2) is 84.2 Å². The number of aliphatic carboxylic acids is 1. The van der Waals surface area contributed by atoms with E-state index in [-0.39, 0.29) is 60.2 Å². The van der Waals surface area contributed by atoms with Gasteiger partial charge in [0.2, 0.25) is 5.91 Å². The molecule has 0 aromatic rings. The summed E-state index contributed by atoms with van der Waals surface area (Å²) < 4.78 is 0. The van der Waals surface area contributed by atoms with Crippen molar-refractivity contribution in [2.75, 3.05) is 13.2 Å². The maximum absolute atomic E-state index is 11.3. The second-order valence-corrected chi connectivity index (χ2v) is 3.98. The number of carboxylic acids is 1. The summed E-state index contributed by atoms with van der Waals surface area (Å²) in [5.41, 5.74) is -0.937. The van der Waals surface area contributed by atoms with E-state index in [0.717, 1.165) is 0 Å². The maximum Gasteiger partial charge on any atom is 2.00 e. The molecule has 4 N–H and O–H groups in total. The Hall–Kier alpha value is 0.120. The minimum Gasteiger partial charge on any atom is -1.00 e. The van der Waals surface area contributed by atoms with Crippen molar-refractivity contribution in [1.29, 1.82) is 0 Å². The Balaban J connectivity index is -0.000000327. The topological polar surface area (TPSA) is 107 Å². The number of hydrogen-bond donors (Lipinski definition) is 4. The fourth-order valence-electron chi connectivity index (χ4n) is 0.831. The number of carboxylic acid groups (broad SMARTS) is 1. The number of rotatable bonds is 6. The van der Waals surface area contributed by atoms with Gasteiger partial charge in [-0.05, 0) is 0 Å². The third-order valence-corrected chi connectivity index (χ3v) is 2.03. The molecule has 1 atom stereocenters. The van der Waals surface area contributed by atoms with Crippen LogP contribution in [0, 0.1) is 5.41 Å². The van der Waals surface area contributed by atoms with E-state index in [1.165, 1.54) is 13.8 Å². The van der Waals surface area contributed by atoms with Gasteiger partial charge in [-0.3, -0.25) is 9.59 Å². The third kappa shape index (κ3) is 6.65. The fourth-order valence-corrected chi connectivity index (χ4v) is 0.831. The van der Waals surface area contributed by atoms with Gasteiger partial charge in [-0.2, -0.15) is 0 Å². The molecule has 0 aromatic heterocycles. The summed E-state index contributed by atoms with van der Waals surface area (Å²) in [6.45, 7) is 2.70. The van der Waals surface area contributed by atoms with Gasteiger partial charge < -0.3 is 23.5 Å². The summed E-state index contributed by atoms with van der Waals surface area (Å²) in [6.07, 6.45) is -1.55. The van der Waals surface area contributed by atoms with E-state index in [9.17, 15) is 14.7 Å². The maximum atomic E-state index is 11.3. The van der Waals surface area contributed by atoms with Crippen LogP contribution in [0.5, 0.6) is 0 Å². The van der Waals surface area contributed by atoms with E-state index in [1.807, 2.05) is 0 Å². The summed E-state index contributed by atoms with van der Waals surface area (Å²) in [6, 6.07) is 0. The minimum atomic E-state index is -1.35. The molecular formula is C9H19CaNO5. The Morgan fingerprint density at radius 3 is 2.31 bits per heavy atom. The molecule has 0 fully saturated rings. The van der Waals surface area contributed by atoms with E-state index in [0.29, 0.717) is 0 Å². The molecule has 0 saturated carbocycles. The summed E-state index contributed by atoms with van der Waals surface area (Å²) in [7, 11) is 0. The quantitative estimate of drug-likeness (QED) is 0.449. The fraction of sp³-hybridized carbons (Fsp3) is 0.778. The van der Waals surface area contributed by atoms with Gasteiger partial charge in [0.05, 0.1) is 13.0 Å². The average molecular weight is 261 g/mol. The number of hydrogen-bond acceptors (Lipinski definition) is 4. The van der Waals surface area contributed by atoms with E-state index in [4.69, 9.17) is 10.2 Å². The Morgan fingerprint density at radius 2 is 1.94 bits per heavy atom. The number of aliphatic hydroxyl groups is 2. The zero-order valence-electron chi connectivity index (χ0n) is 11.6. The molecular weight excluding hydrogens is 242 g/mol. The largest absolute Gasteiger partial charge is 2.00 e.